The van der Waals surface area contributed by atoms with Gasteiger partial charge in [-0.2, -0.15) is 5.26 Å². The van der Waals surface area contributed by atoms with Gasteiger partial charge in [-0.1, -0.05) is 23.7 Å². The van der Waals surface area contributed by atoms with Gasteiger partial charge in [0.2, 0.25) is 0 Å². The monoisotopic (exact) mass is 274 g/mol. The Hall–Kier alpha value is -2.05. The van der Waals surface area contributed by atoms with Crippen LogP contribution in [0.1, 0.15) is 24.1 Å². The first kappa shape index (κ1) is 13.4. The molecule has 0 radical (unpaired) electrons. The number of hydrogen-bond acceptors (Lipinski definition) is 2. The SMILES string of the molecule is CC(Nc1ccc(F)cc1Cl)c1cccc(C#N)c1. The largest absolute Gasteiger partial charge is 0.377 e. The van der Waals surface area contributed by atoms with E-state index in [1.165, 1.54) is 12.1 Å². The second-order valence-electron chi connectivity index (χ2n) is 4.23. The number of nitrogens with zero attached hydrogens (tertiary/aromatic N) is 1. The van der Waals surface area contributed by atoms with Crippen molar-refractivity contribution in [3.05, 3.63) is 64.4 Å². The Labute approximate surface area is 116 Å². The second-order valence-corrected chi connectivity index (χ2v) is 4.63. The quantitative estimate of drug-likeness (QED) is 0.893. The smallest absolute Gasteiger partial charge is 0.124 e. The lowest BCUT2D eigenvalue weighted by Crippen LogP contribution is -2.07. The molecule has 96 valence electrons. The molecule has 2 aromatic rings. The molecule has 0 aliphatic carbocycles. The van der Waals surface area contributed by atoms with Gasteiger partial charge in [-0.05, 0) is 42.8 Å². The third-order valence-electron chi connectivity index (χ3n) is 2.82. The van der Waals surface area contributed by atoms with Crippen LogP contribution in [0.3, 0.4) is 0 Å². The maximum absolute atomic E-state index is 13.0. The van der Waals surface area contributed by atoms with Crippen molar-refractivity contribution in [3.63, 3.8) is 0 Å². The van der Waals surface area contributed by atoms with Gasteiger partial charge in [-0.3, -0.25) is 0 Å². The van der Waals surface area contributed by atoms with Crippen molar-refractivity contribution in [2.75, 3.05) is 5.32 Å². The maximum atomic E-state index is 13.0. The minimum absolute atomic E-state index is 0.0312. The Morgan fingerprint density at radius 2 is 2.05 bits per heavy atom. The Kier molecular flexibility index (Phi) is 4.03. The van der Waals surface area contributed by atoms with Crippen LogP contribution in [0.5, 0.6) is 0 Å². The van der Waals surface area contributed by atoms with E-state index in [1.54, 1.807) is 12.1 Å². The van der Waals surface area contributed by atoms with Crippen molar-refractivity contribution in [2.24, 2.45) is 0 Å². The van der Waals surface area contributed by atoms with E-state index in [1.807, 2.05) is 25.1 Å². The lowest BCUT2D eigenvalue weighted by atomic mass is 10.1. The van der Waals surface area contributed by atoms with Gasteiger partial charge in [0.1, 0.15) is 5.82 Å². The van der Waals surface area contributed by atoms with Crippen LogP contribution in [0, 0.1) is 17.1 Å². The molecule has 1 N–H and O–H groups in total. The zero-order valence-electron chi connectivity index (χ0n) is 10.3. The van der Waals surface area contributed by atoms with Crippen LogP contribution in [-0.4, -0.2) is 0 Å². The summed E-state index contributed by atoms with van der Waals surface area (Å²) in [5.41, 5.74) is 2.24. The summed E-state index contributed by atoms with van der Waals surface area (Å²) in [7, 11) is 0. The molecule has 1 unspecified atom stereocenters. The number of hydrogen-bond donors (Lipinski definition) is 1. The van der Waals surface area contributed by atoms with E-state index in [2.05, 4.69) is 11.4 Å². The highest BCUT2D eigenvalue weighted by Gasteiger charge is 2.08. The molecule has 2 rings (SSSR count). The van der Waals surface area contributed by atoms with E-state index in [4.69, 9.17) is 16.9 Å². The van der Waals surface area contributed by atoms with Crippen LogP contribution in [0.25, 0.3) is 0 Å². The lowest BCUT2D eigenvalue weighted by Gasteiger charge is -2.17. The second kappa shape index (κ2) is 5.73. The van der Waals surface area contributed by atoms with Crippen LogP contribution in [0.2, 0.25) is 5.02 Å². The van der Waals surface area contributed by atoms with E-state index in [9.17, 15) is 4.39 Å². The van der Waals surface area contributed by atoms with Gasteiger partial charge in [0, 0.05) is 6.04 Å². The van der Waals surface area contributed by atoms with Crippen LogP contribution in [-0.2, 0) is 0 Å². The summed E-state index contributed by atoms with van der Waals surface area (Å²) >= 11 is 5.96. The van der Waals surface area contributed by atoms with Gasteiger partial charge in [-0.25, -0.2) is 4.39 Å². The molecule has 0 bridgehead atoms. The maximum Gasteiger partial charge on any atom is 0.124 e. The van der Waals surface area contributed by atoms with Crippen LogP contribution >= 0.6 is 11.6 Å². The molecule has 4 heteroatoms. The zero-order valence-corrected chi connectivity index (χ0v) is 11.1. The summed E-state index contributed by atoms with van der Waals surface area (Å²) in [6.07, 6.45) is 0. The molecule has 0 aliphatic heterocycles. The van der Waals surface area contributed by atoms with Gasteiger partial charge < -0.3 is 5.32 Å². The van der Waals surface area contributed by atoms with Crippen LogP contribution in [0.15, 0.2) is 42.5 Å². The molecular formula is C15H12ClFN2. The van der Waals surface area contributed by atoms with Gasteiger partial charge in [0.15, 0.2) is 0 Å². The number of anilines is 1. The van der Waals surface area contributed by atoms with E-state index in [-0.39, 0.29) is 11.9 Å². The summed E-state index contributed by atoms with van der Waals surface area (Å²) in [6.45, 7) is 1.95. The van der Waals surface area contributed by atoms with Crippen molar-refractivity contribution in [2.45, 2.75) is 13.0 Å². The van der Waals surface area contributed by atoms with Crippen molar-refractivity contribution >= 4 is 17.3 Å². The van der Waals surface area contributed by atoms with Crippen molar-refractivity contribution in [1.82, 2.24) is 0 Å². The lowest BCUT2D eigenvalue weighted by molar-refractivity contribution is 0.628. The summed E-state index contributed by atoms with van der Waals surface area (Å²) in [4.78, 5) is 0. The van der Waals surface area contributed by atoms with E-state index >= 15 is 0 Å². The third kappa shape index (κ3) is 3.24. The number of nitriles is 1. The topological polar surface area (TPSA) is 35.8 Å². The Bertz CT molecular complexity index is 634. The number of rotatable bonds is 3. The number of benzene rings is 2. The molecule has 0 aliphatic rings. The molecule has 2 aromatic carbocycles. The molecule has 0 saturated carbocycles. The summed E-state index contributed by atoms with van der Waals surface area (Å²) < 4.78 is 13.0. The first-order valence-corrected chi connectivity index (χ1v) is 6.19. The highest BCUT2D eigenvalue weighted by Crippen LogP contribution is 2.27. The fourth-order valence-electron chi connectivity index (χ4n) is 1.80. The first-order chi connectivity index (χ1) is 9.10. The van der Waals surface area contributed by atoms with Gasteiger partial charge in [-0.15, -0.1) is 0 Å². The number of halogens is 2. The van der Waals surface area contributed by atoms with E-state index in [0.717, 1.165) is 5.56 Å². The predicted octanol–water partition coefficient (Wildman–Crippen LogP) is 4.52. The molecule has 19 heavy (non-hydrogen) atoms. The van der Waals surface area contributed by atoms with Crippen molar-refractivity contribution < 1.29 is 4.39 Å². The molecule has 2 nitrogen and oxygen atoms in total. The molecular weight excluding hydrogens is 263 g/mol. The third-order valence-corrected chi connectivity index (χ3v) is 3.13. The highest BCUT2D eigenvalue weighted by atomic mass is 35.5. The molecule has 0 fully saturated rings. The Balaban J connectivity index is 2.20. The van der Waals surface area contributed by atoms with Crippen molar-refractivity contribution in [1.29, 1.82) is 5.26 Å². The zero-order chi connectivity index (χ0) is 13.8. The average Bonchev–Trinajstić information content (AvgIpc) is 2.42. The fraction of sp³-hybridized carbons (Fsp3) is 0.133. The van der Waals surface area contributed by atoms with Gasteiger partial charge >= 0.3 is 0 Å². The highest BCUT2D eigenvalue weighted by molar-refractivity contribution is 6.33. The molecule has 0 heterocycles. The van der Waals surface area contributed by atoms with Crippen molar-refractivity contribution in [3.8, 4) is 6.07 Å². The van der Waals surface area contributed by atoms with Crippen LogP contribution < -0.4 is 5.32 Å². The molecule has 1 atom stereocenters. The van der Waals surface area contributed by atoms with Gasteiger partial charge in [0.25, 0.3) is 0 Å². The Morgan fingerprint density at radius 1 is 1.26 bits per heavy atom. The first-order valence-electron chi connectivity index (χ1n) is 5.82. The Morgan fingerprint density at radius 3 is 2.74 bits per heavy atom. The molecule has 0 aromatic heterocycles. The van der Waals surface area contributed by atoms with Gasteiger partial charge in [0.05, 0.1) is 22.3 Å². The minimum Gasteiger partial charge on any atom is -0.377 e. The summed E-state index contributed by atoms with van der Waals surface area (Å²) in [5.74, 6) is -0.366. The average molecular weight is 275 g/mol. The minimum atomic E-state index is -0.366. The fourth-order valence-corrected chi connectivity index (χ4v) is 2.02. The van der Waals surface area contributed by atoms with Crippen LogP contribution in [0.4, 0.5) is 10.1 Å². The van der Waals surface area contributed by atoms with E-state index < -0.39 is 0 Å². The molecule has 0 saturated heterocycles. The van der Waals surface area contributed by atoms with E-state index in [0.29, 0.717) is 16.3 Å². The predicted molar refractivity (Wildman–Crippen MR) is 74.6 cm³/mol. The standard InChI is InChI=1S/C15H12ClFN2/c1-10(12-4-2-3-11(7-12)9-18)19-15-6-5-13(17)8-14(15)16/h2-8,10,19H,1H3. The normalized spacial score (nSPS) is 11.7. The molecule has 0 spiro atoms. The molecule has 0 amide bonds. The summed E-state index contributed by atoms with van der Waals surface area (Å²) in [6, 6.07) is 13.6. The summed E-state index contributed by atoms with van der Waals surface area (Å²) in [5, 5.41) is 12.4. The number of nitrogens with one attached hydrogen (secondary N) is 1.